The van der Waals surface area contributed by atoms with E-state index in [9.17, 15) is 23.1 Å². The van der Waals surface area contributed by atoms with Gasteiger partial charge in [0.25, 0.3) is 5.56 Å². The fourth-order valence-electron chi connectivity index (χ4n) is 2.84. The number of aromatic nitrogens is 1. The number of nitrogens with zero attached hydrogens (tertiary/aromatic N) is 2. The van der Waals surface area contributed by atoms with Gasteiger partial charge < -0.3 is 9.67 Å². The Balaban J connectivity index is 2.88. The quantitative estimate of drug-likeness (QED) is 0.806. The number of alkyl halides is 3. The molecule has 0 amide bonds. The van der Waals surface area contributed by atoms with Crippen LogP contribution in [0.25, 0.3) is 11.3 Å². The number of pyridine rings is 1. The van der Waals surface area contributed by atoms with Crippen molar-refractivity contribution in [3.63, 3.8) is 0 Å². The normalized spacial score (nSPS) is 12.5. The Labute approximate surface area is 148 Å². The molecule has 0 aliphatic carbocycles. The summed E-state index contributed by atoms with van der Waals surface area (Å²) < 4.78 is 41.3. The summed E-state index contributed by atoms with van der Waals surface area (Å²) in [6.45, 7) is 7.19. The van der Waals surface area contributed by atoms with Crippen molar-refractivity contribution in [3.05, 3.63) is 64.0 Å². The minimum Gasteiger partial charge on any atom is -0.508 e. The van der Waals surface area contributed by atoms with E-state index < -0.39 is 28.9 Å². The van der Waals surface area contributed by atoms with Gasteiger partial charge in [-0.1, -0.05) is 5.57 Å². The third-order valence-electron chi connectivity index (χ3n) is 3.91. The van der Waals surface area contributed by atoms with Crippen LogP contribution < -0.4 is 5.56 Å². The van der Waals surface area contributed by atoms with E-state index in [1.165, 1.54) is 34.9 Å². The van der Waals surface area contributed by atoms with Crippen LogP contribution in [0.5, 0.6) is 5.75 Å². The van der Waals surface area contributed by atoms with Gasteiger partial charge >= 0.3 is 6.18 Å². The number of phenolic OH excluding ortho intramolecular Hbond substituents is 1. The Bertz CT molecular complexity index is 935. The predicted molar refractivity (Wildman–Crippen MR) is 91.7 cm³/mol. The lowest BCUT2D eigenvalue weighted by molar-refractivity contribution is -0.137. The van der Waals surface area contributed by atoms with Crippen LogP contribution in [0.15, 0.2) is 47.3 Å². The molecule has 0 saturated carbocycles. The van der Waals surface area contributed by atoms with Crippen molar-refractivity contribution in [3.8, 4) is 23.1 Å². The maximum atomic E-state index is 13.4. The molecular formula is C19H17F3N2O2. The molecule has 0 saturated heterocycles. The molecule has 136 valence electrons. The summed E-state index contributed by atoms with van der Waals surface area (Å²) >= 11 is 0. The van der Waals surface area contributed by atoms with Gasteiger partial charge in [0.2, 0.25) is 0 Å². The highest BCUT2D eigenvalue weighted by Crippen LogP contribution is 2.35. The van der Waals surface area contributed by atoms with Crippen molar-refractivity contribution < 1.29 is 18.3 Å². The van der Waals surface area contributed by atoms with Crippen molar-refractivity contribution in [2.75, 3.05) is 0 Å². The molecular weight excluding hydrogens is 345 g/mol. The first-order valence-corrected chi connectivity index (χ1v) is 7.77. The number of hydrogen-bond acceptors (Lipinski definition) is 3. The standard InChI is InChI=1S/C19H17F3N2O2/c1-11(2)8-12(3)24-17(13-4-6-14(25)7-5-13)9-16(19(20,21)22)15(10-23)18(24)26/h4-7,9,12,25H,1,8H2,2-3H3. The molecule has 0 fully saturated rings. The lowest BCUT2D eigenvalue weighted by atomic mass is 10.0. The number of rotatable bonds is 4. The minimum absolute atomic E-state index is 0.0232. The van der Waals surface area contributed by atoms with Gasteiger partial charge in [0, 0.05) is 6.04 Å². The van der Waals surface area contributed by atoms with E-state index in [-0.39, 0.29) is 11.4 Å². The highest BCUT2D eigenvalue weighted by Gasteiger charge is 2.37. The Morgan fingerprint density at radius 2 is 1.92 bits per heavy atom. The summed E-state index contributed by atoms with van der Waals surface area (Å²) in [6, 6.07) is 7.17. The number of benzene rings is 1. The Morgan fingerprint density at radius 1 is 1.35 bits per heavy atom. The zero-order valence-corrected chi connectivity index (χ0v) is 14.3. The Hall–Kier alpha value is -3.01. The number of hydrogen-bond donors (Lipinski definition) is 1. The van der Waals surface area contributed by atoms with Crippen molar-refractivity contribution >= 4 is 0 Å². The molecule has 2 aromatic rings. The highest BCUT2D eigenvalue weighted by atomic mass is 19.4. The Kier molecular flexibility index (Phi) is 5.26. The van der Waals surface area contributed by atoms with Gasteiger partial charge in [-0.2, -0.15) is 18.4 Å². The molecule has 7 heteroatoms. The van der Waals surface area contributed by atoms with Crippen LogP contribution in [0.2, 0.25) is 0 Å². The average molecular weight is 362 g/mol. The maximum Gasteiger partial charge on any atom is 0.417 e. The summed E-state index contributed by atoms with van der Waals surface area (Å²) in [7, 11) is 0. The van der Waals surface area contributed by atoms with E-state index >= 15 is 0 Å². The maximum absolute atomic E-state index is 13.4. The molecule has 0 spiro atoms. The lowest BCUT2D eigenvalue weighted by Gasteiger charge is -2.22. The summed E-state index contributed by atoms with van der Waals surface area (Å²) in [5, 5.41) is 18.6. The van der Waals surface area contributed by atoms with Crippen LogP contribution >= 0.6 is 0 Å². The van der Waals surface area contributed by atoms with E-state index in [0.29, 0.717) is 12.0 Å². The molecule has 26 heavy (non-hydrogen) atoms. The summed E-state index contributed by atoms with van der Waals surface area (Å²) in [5.41, 5.74) is -2.11. The van der Waals surface area contributed by atoms with E-state index in [1.807, 2.05) is 0 Å². The number of phenols is 1. The zero-order chi connectivity index (χ0) is 19.6. The van der Waals surface area contributed by atoms with E-state index in [4.69, 9.17) is 5.26 Å². The Morgan fingerprint density at radius 3 is 2.38 bits per heavy atom. The van der Waals surface area contributed by atoms with E-state index in [1.54, 1.807) is 13.8 Å². The second-order valence-corrected chi connectivity index (χ2v) is 6.16. The van der Waals surface area contributed by atoms with Crippen molar-refractivity contribution in [2.45, 2.75) is 32.5 Å². The molecule has 0 radical (unpaired) electrons. The van der Waals surface area contributed by atoms with Gasteiger partial charge in [0.05, 0.1) is 11.3 Å². The SMILES string of the molecule is C=C(C)CC(C)n1c(-c2ccc(O)cc2)cc(C(F)(F)F)c(C#N)c1=O. The molecule has 1 heterocycles. The van der Waals surface area contributed by atoms with Crippen LogP contribution in [-0.4, -0.2) is 9.67 Å². The number of allylic oxidation sites excluding steroid dienone is 1. The first-order chi connectivity index (χ1) is 12.1. The fraction of sp³-hybridized carbons (Fsp3) is 0.263. The molecule has 1 aromatic heterocycles. The van der Waals surface area contributed by atoms with Crippen LogP contribution in [0, 0.1) is 11.3 Å². The smallest absolute Gasteiger partial charge is 0.417 e. The average Bonchev–Trinajstić information content (AvgIpc) is 2.53. The van der Waals surface area contributed by atoms with Gasteiger partial charge in [0.1, 0.15) is 17.4 Å². The third kappa shape index (κ3) is 3.80. The summed E-state index contributed by atoms with van der Waals surface area (Å²) in [6.07, 6.45) is -4.48. The molecule has 1 atom stereocenters. The van der Waals surface area contributed by atoms with Gasteiger partial charge in [-0.15, -0.1) is 6.58 Å². The molecule has 1 aromatic carbocycles. The topological polar surface area (TPSA) is 66.0 Å². The molecule has 0 aliphatic rings. The van der Waals surface area contributed by atoms with Crippen LogP contribution in [0.1, 0.15) is 37.4 Å². The molecule has 1 N–H and O–H groups in total. The van der Waals surface area contributed by atoms with Gasteiger partial charge in [0.15, 0.2) is 0 Å². The number of nitriles is 1. The first kappa shape index (κ1) is 19.3. The highest BCUT2D eigenvalue weighted by molar-refractivity contribution is 5.63. The fourth-order valence-corrected chi connectivity index (χ4v) is 2.84. The molecule has 0 aliphatic heterocycles. The largest absolute Gasteiger partial charge is 0.508 e. The van der Waals surface area contributed by atoms with Gasteiger partial charge in [-0.25, -0.2) is 0 Å². The van der Waals surface area contributed by atoms with E-state index in [0.717, 1.165) is 11.6 Å². The summed E-state index contributed by atoms with van der Waals surface area (Å²) in [4.78, 5) is 12.7. The monoisotopic (exact) mass is 362 g/mol. The molecule has 0 bridgehead atoms. The minimum atomic E-state index is -4.84. The van der Waals surface area contributed by atoms with Gasteiger partial charge in [-0.3, -0.25) is 4.79 Å². The van der Waals surface area contributed by atoms with Crippen LogP contribution in [-0.2, 0) is 6.18 Å². The van der Waals surface area contributed by atoms with Crippen LogP contribution in [0.3, 0.4) is 0 Å². The van der Waals surface area contributed by atoms with Crippen molar-refractivity contribution in [1.82, 2.24) is 4.57 Å². The number of halogens is 3. The zero-order valence-electron chi connectivity index (χ0n) is 14.3. The van der Waals surface area contributed by atoms with Crippen molar-refractivity contribution in [2.24, 2.45) is 0 Å². The number of aromatic hydroxyl groups is 1. The molecule has 1 unspecified atom stereocenters. The van der Waals surface area contributed by atoms with Gasteiger partial charge in [-0.05, 0) is 56.2 Å². The van der Waals surface area contributed by atoms with E-state index in [2.05, 4.69) is 6.58 Å². The lowest BCUT2D eigenvalue weighted by Crippen LogP contribution is -2.30. The van der Waals surface area contributed by atoms with Crippen LogP contribution in [0.4, 0.5) is 13.2 Å². The van der Waals surface area contributed by atoms with Crippen molar-refractivity contribution in [1.29, 1.82) is 5.26 Å². The molecule has 4 nitrogen and oxygen atoms in total. The second-order valence-electron chi connectivity index (χ2n) is 6.16. The molecule has 2 rings (SSSR count). The predicted octanol–water partition coefficient (Wildman–Crippen LogP) is 4.64. The summed E-state index contributed by atoms with van der Waals surface area (Å²) in [5.74, 6) is -0.0534. The second kappa shape index (κ2) is 7.08. The first-order valence-electron chi connectivity index (χ1n) is 7.77. The third-order valence-corrected chi connectivity index (χ3v) is 3.91.